The minimum absolute atomic E-state index is 0.432. The highest BCUT2D eigenvalue weighted by molar-refractivity contribution is 6.23. The number of hydrogen-bond acceptors (Lipinski definition) is 10. The fourth-order valence-corrected chi connectivity index (χ4v) is 2.57. The Balaban J connectivity index is 3.35. The fourth-order valence-electron chi connectivity index (χ4n) is 2.57. The van der Waals surface area contributed by atoms with Gasteiger partial charge >= 0.3 is 36.0 Å². The van der Waals surface area contributed by atoms with E-state index < -0.39 is 67.0 Å². The summed E-state index contributed by atoms with van der Waals surface area (Å²) < 4.78 is 25.9. The van der Waals surface area contributed by atoms with Gasteiger partial charge in [-0.25, -0.2) is 0 Å². The summed E-state index contributed by atoms with van der Waals surface area (Å²) in [6, 6.07) is 0. The molecule has 1 saturated heterocycles. The van der Waals surface area contributed by atoms with Crippen LogP contribution in [0.2, 0.25) is 0 Å². The molecule has 0 aromatic carbocycles. The maximum atomic E-state index is 11.8. The van der Waals surface area contributed by atoms with Crippen molar-refractivity contribution in [2.45, 2.75) is 58.3 Å². The Labute approximate surface area is 165 Å². The minimum atomic E-state index is -1.44. The van der Waals surface area contributed by atoms with E-state index in [4.69, 9.17) is 29.2 Å². The van der Waals surface area contributed by atoms with Crippen LogP contribution < -0.4 is 5.32 Å². The third-order valence-electron chi connectivity index (χ3n) is 3.45. The number of esters is 4. The molecule has 1 N–H and O–H groups in total. The Bertz CT molecular complexity index is 718. The number of nitrogens with zero attached hydrogens (tertiary/aromatic N) is 2. The van der Waals surface area contributed by atoms with Gasteiger partial charge in [-0.05, 0) is 0 Å². The molecule has 1 aliphatic rings. The summed E-state index contributed by atoms with van der Waals surface area (Å²) in [5, 5.41) is 2.25. The van der Waals surface area contributed by atoms with E-state index in [9.17, 15) is 24.0 Å². The molecule has 160 valence electrons. The molecule has 13 nitrogen and oxygen atoms in total. The summed E-state index contributed by atoms with van der Waals surface area (Å²) >= 11 is 0. The number of amides is 1. The van der Waals surface area contributed by atoms with Crippen molar-refractivity contribution in [3.63, 3.8) is 0 Å². The molecule has 1 aliphatic heterocycles. The van der Waals surface area contributed by atoms with Gasteiger partial charge in [0.15, 0.2) is 24.5 Å². The van der Waals surface area contributed by atoms with Gasteiger partial charge in [0.2, 0.25) is 0 Å². The molecule has 1 fully saturated rings. The molecule has 0 bridgehead atoms. The molecule has 1 rings (SSSR count). The van der Waals surface area contributed by atoms with Crippen LogP contribution in [0.5, 0.6) is 0 Å². The van der Waals surface area contributed by atoms with Gasteiger partial charge in [-0.3, -0.25) is 24.0 Å². The van der Waals surface area contributed by atoms with Crippen LogP contribution in [0.1, 0.15) is 27.7 Å². The van der Waals surface area contributed by atoms with Crippen molar-refractivity contribution in [1.82, 2.24) is 5.32 Å². The predicted octanol–water partition coefficient (Wildman–Crippen LogP) is -1.51. The summed E-state index contributed by atoms with van der Waals surface area (Å²) in [6.45, 7) is 3.91. The Kier molecular flexibility index (Phi) is 8.90. The highest BCUT2D eigenvalue weighted by Crippen LogP contribution is 2.28. The third-order valence-corrected chi connectivity index (χ3v) is 3.45. The highest BCUT2D eigenvalue weighted by atomic mass is 16.7. The molecule has 1 amide bonds. The normalized spacial score (nSPS) is 25.6. The van der Waals surface area contributed by atoms with Crippen molar-refractivity contribution in [3.05, 3.63) is 5.53 Å². The van der Waals surface area contributed by atoms with Crippen molar-refractivity contribution in [2.75, 3.05) is 6.61 Å². The summed E-state index contributed by atoms with van der Waals surface area (Å²) in [4.78, 5) is 60.2. The van der Waals surface area contributed by atoms with E-state index in [0.717, 1.165) is 27.7 Å². The van der Waals surface area contributed by atoms with Crippen LogP contribution in [0.4, 0.5) is 0 Å². The lowest BCUT2D eigenvalue weighted by atomic mass is 9.97. The number of hydrogen-bond donors (Lipinski definition) is 1. The van der Waals surface area contributed by atoms with Gasteiger partial charge in [-0.2, -0.15) is 4.79 Å². The van der Waals surface area contributed by atoms with Crippen LogP contribution >= 0.6 is 0 Å². The van der Waals surface area contributed by atoms with Gasteiger partial charge in [-0.1, -0.05) is 0 Å². The van der Waals surface area contributed by atoms with E-state index in [1.165, 1.54) is 0 Å². The molecular weight excluding hydrogens is 394 g/mol. The molecule has 5 atom stereocenters. The van der Waals surface area contributed by atoms with Gasteiger partial charge in [0.05, 0.1) is 0 Å². The molecule has 0 aliphatic carbocycles. The Morgan fingerprint density at radius 3 is 1.90 bits per heavy atom. The Morgan fingerprint density at radius 2 is 1.41 bits per heavy atom. The van der Waals surface area contributed by atoms with Crippen molar-refractivity contribution >= 4 is 36.0 Å². The molecular formula is C16H21N3O10. The van der Waals surface area contributed by atoms with Crippen LogP contribution in [-0.4, -0.2) is 78.0 Å². The zero-order valence-electron chi connectivity index (χ0n) is 16.1. The van der Waals surface area contributed by atoms with E-state index in [-0.39, 0.29) is 0 Å². The van der Waals surface area contributed by atoms with Crippen molar-refractivity contribution < 1.29 is 52.4 Å². The maximum absolute atomic E-state index is 11.8. The standard InChI is InChI=1S/C16H21N3O10/c1-7(20)25-6-11-13(26-8(2)21)14(27-9(3)22)15(28-10(4)23)16(29-11)19-12(24)5-18-17/h5,11,13-16H,6H2,1-4H3,(H,19,24)/t11-,13-,14+,15-,16-/m1/s1. The summed E-state index contributed by atoms with van der Waals surface area (Å²) in [7, 11) is 0. The number of carbonyl (C=O) groups excluding carboxylic acids is 5. The van der Waals surface area contributed by atoms with E-state index in [0.29, 0.717) is 6.21 Å². The van der Waals surface area contributed by atoms with Gasteiger partial charge < -0.3 is 34.5 Å². The summed E-state index contributed by atoms with van der Waals surface area (Å²) in [6.07, 6.45) is -6.30. The molecule has 0 spiro atoms. The lowest BCUT2D eigenvalue weighted by Crippen LogP contribution is -2.66. The Morgan fingerprint density at radius 1 is 0.897 bits per heavy atom. The van der Waals surface area contributed by atoms with Gasteiger partial charge in [0, 0.05) is 27.7 Å². The highest BCUT2D eigenvalue weighted by Gasteiger charge is 2.52. The van der Waals surface area contributed by atoms with Crippen molar-refractivity contribution in [2.24, 2.45) is 0 Å². The first kappa shape index (κ1) is 23.7. The molecule has 0 aromatic rings. The molecule has 0 unspecified atom stereocenters. The van der Waals surface area contributed by atoms with Gasteiger partial charge in [0.25, 0.3) is 0 Å². The Hall–Kier alpha value is -3.31. The van der Waals surface area contributed by atoms with Crippen LogP contribution in [0.25, 0.3) is 5.53 Å². The van der Waals surface area contributed by atoms with E-state index in [1.54, 1.807) is 0 Å². The number of rotatable bonds is 7. The molecule has 13 heteroatoms. The van der Waals surface area contributed by atoms with E-state index >= 15 is 0 Å². The zero-order valence-corrected chi connectivity index (χ0v) is 16.1. The summed E-state index contributed by atoms with van der Waals surface area (Å²) in [5.74, 6) is -4.01. The van der Waals surface area contributed by atoms with Crippen molar-refractivity contribution in [3.8, 4) is 0 Å². The van der Waals surface area contributed by atoms with Crippen LogP contribution in [0, 0.1) is 0 Å². The lowest BCUT2D eigenvalue weighted by Gasteiger charge is -2.44. The number of nitrogens with one attached hydrogen (secondary N) is 1. The fraction of sp³-hybridized carbons (Fsp3) is 0.625. The second kappa shape index (κ2) is 10.9. The average Bonchev–Trinajstić information content (AvgIpc) is 2.57. The third kappa shape index (κ3) is 7.68. The average molecular weight is 415 g/mol. The minimum Gasteiger partial charge on any atom is -0.463 e. The quantitative estimate of drug-likeness (QED) is 0.169. The second-order valence-electron chi connectivity index (χ2n) is 5.87. The molecule has 29 heavy (non-hydrogen) atoms. The smallest absolute Gasteiger partial charge is 0.344 e. The van der Waals surface area contributed by atoms with Crippen LogP contribution in [0.3, 0.4) is 0 Å². The SMILES string of the molecule is CC(=O)OC[C@H]1O[C@@H](NC(=O)C=[N+]=[N-])[C@H](OC(C)=O)[C@@H](OC(C)=O)[C@@H]1OC(C)=O. The number of ether oxygens (including phenoxy) is 5. The lowest BCUT2D eigenvalue weighted by molar-refractivity contribution is -0.256. The number of carbonyl (C=O) groups is 5. The molecule has 0 aromatic heterocycles. The maximum Gasteiger partial charge on any atom is 0.344 e. The van der Waals surface area contributed by atoms with E-state index in [1.807, 2.05) is 0 Å². The summed E-state index contributed by atoms with van der Waals surface area (Å²) in [5.41, 5.74) is 8.49. The molecule has 1 heterocycles. The molecule has 0 radical (unpaired) electrons. The van der Waals surface area contributed by atoms with Gasteiger partial charge in [-0.15, -0.1) is 0 Å². The first-order chi connectivity index (χ1) is 13.5. The topological polar surface area (TPSA) is 180 Å². The molecule has 0 saturated carbocycles. The monoisotopic (exact) mass is 415 g/mol. The van der Waals surface area contributed by atoms with Crippen LogP contribution in [0.15, 0.2) is 0 Å². The largest absolute Gasteiger partial charge is 0.463 e. The van der Waals surface area contributed by atoms with Crippen molar-refractivity contribution in [1.29, 1.82) is 0 Å². The first-order valence-corrected chi connectivity index (χ1v) is 8.33. The first-order valence-electron chi connectivity index (χ1n) is 8.33. The van der Waals surface area contributed by atoms with E-state index in [2.05, 4.69) is 10.1 Å². The zero-order chi connectivity index (χ0) is 22.1. The van der Waals surface area contributed by atoms with Crippen LogP contribution in [-0.2, 0) is 47.7 Å². The van der Waals surface area contributed by atoms with Gasteiger partial charge in [0.1, 0.15) is 12.7 Å². The second-order valence-corrected chi connectivity index (χ2v) is 5.87. The predicted molar refractivity (Wildman–Crippen MR) is 89.8 cm³/mol.